The number of aliphatic imine (C=N–C) groups is 1. The van der Waals surface area contributed by atoms with Crippen LogP contribution in [-0.2, 0) is 0 Å². The van der Waals surface area contributed by atoms with Crippen molar-refractivity contribution in [2.45, 2.75) is 13.3 Å². The fourth-order valence-electron chi connectivity index (χ4n) is 1.60. The molecule has 2 rings (SSSR count). The van der Waals surface area contributed by atoms with Crippen molar-refractivity contribution in [1.82, 2.24) is 0 Å². The number of nitrogens with one attached hydrogen (secondary N) is 1. The molecule has 0 aliphatic heterocycles. The normalized spacial score (nSPS) is 11.4. The zero-order valence-electron chi connectivity index (χ0n) is 10.5. The molecule has 0 aliphatic carbocycles. The Morgan fingerprint density at radius 3 is 2.26 bits per heavy atom. The first-order chi connectivity index (χ1) is 9.20. The molecule has 0 radical (unpaired) electrons. The quantitative estimate of drug-likeness (QED) is 0.582. The van der Waals surface area contributed by atoms with E-state index in [9.17, 15) is 0 Å². The van der Waals surface area contributed by atoms with Crippen LogP contribution in [0.3, 0.4) is 0 Å². The second kappa shape index (κ2) is 6.60. The Morgan fingerprint density at radius 1 is 1.00 bits per heavy atom. The second-order valence-electron chi connectivity index (χ2n) is 3.97. The fraction of sp³-hybridized carbons (Fsp3) is 0.133. The van der Waals surface area contributed by atoms with E-state index in [1.165, 1.54) is 0 Å². The molecule has 2 aromatic carbocycles. The van der Waals surface area contributed by atoms with E-state index in [0.717, 1.165) is 23.6 Å². The maximum atomic E-state index is 6.12. The zero-order valence-corrected chi connectivity index (χ0v) is 12.0. The Balaban J connectivity index is 2.26. The molecule has 0 spiro atoms. The molecule has 19 heavy (non-hydrogen) atoms. The van der Waals surface area contributed by atoms with E-state index in [0.29, 0.717) is 10.0 Å². The fourth-order valence-corrected chi connectivity index (χ4v) is 1.96. The number of anilines is 1. The second-order valence-corrected chi connectivity index (χ2v) is 4.78. The van der Waals surface area contributed by atoms with E-state index in [1.807, 2.05) is 55.5 Å². The Hall–Kier alpha value is -1.51. The number of rotatable bonds is 3. The van der Waals surface area contributed by atoms with Gasteiger partial charge in [-0.25, -0.2) is 4.99 Å². The van der Waals surface area contributed by atoms with E-state index in [1.54, 1.807) is 0 Å². The molecule has 0 saturated heterocycles. The molecule has 0 bridgehead atoms. The van der Waals surface area contributed by atoms with Gasteiger partial charge < -0.3 is 5.32 Å². The summed E-state index contributed by atoms with van der Waals surface area (Å²) in [5.74, 6) is 0.821. The van der Waals surface area contributed by atoms with E-state index in [4.69, 9.17) is 23.2 Å². The van der Waals surface area contributed by atoms with Gasteiger partial charge in [-0.15, -0.1) is 0 Å². The van der Waals surface area contributed by atoms with Crippen molar-refractivity contribution in [2.24, 2.45) is 4.99 Å². The van der Waals surface area contributed by atoms with Crippen LogP contribution in [0.2, 0.25) is 10.0 Å². The van der Waals surface area contributed by atoms with E-state index in [2.05, 4.69) is 10.3 Å². The van der Waals surface area contributed by atoms with Gasteiger partial charge in [0.15, 0.2) is 0 Å². The highest BCUT2D eigenvalue weighted by Gasteiger charge is 2.03. The summed E-state index contributed by atoms with van der Waals surface area (Å²) in [6.45, 7) is 2.03. The zero-order chi connectivity index (χ0) is 13.7. The van der Waals surface area contributed by atoms with Crippen molar-refractivity contribution in [3.05, 3.63) is 58.6 Å². The largest absolute Gasteiger partial charge is 0.343 e. The minimum Gasteiger partial charge on any atom is -0.343 e. The number of benzene rings is 2. The Kier molecular flexibility index (Phi) is 4.83. The lowest BCUT2D eigenvalue weighted by Gasteiger charge is -2.10. The summed E-state index contributed by atoms with van der Waals surface area (Å²) in [5, 5.41) is 4.54. The standard InChI is InChI=1S/C15H14Cl2N2/c1-2-15(18-13-9-5-3-7-11(13)16)19-14-10-6-4-8-12(14)17/h3-10H,2H2,1H3,(H,18,19). The van der Waals surface area contributed by atoms with Crippen molar-refractivity contribution in [3.63, 3.8) is 0 Å². The third kappa shape index (κ3) is 3.72. The summed E-state index contributed by atoms with van der Waals surface area (Å²) < 4.78 is 0. The Morgan fingerprint density at radius 2 is 1.63 bits per heavy atom. The molecule has 0 heterocycles. The summed E-state index contributed by atoms with van der Waals surface area (Å²) in [5.41, 5.74) is 1.59. The van der Waals surface area contributed by atoms with Gasteiger partial charge in [-0.2, -0.15) is 0 Å². The lowest BCUT2D eigenvalue weighted by atomic mass is 10.3. The summed E-state index contributed by atoms with van der Waals surface area (Å²) in [4.78, 5) is 4.53. The highest BCUT2D eigenvalue weighted by atomic mass is 35.5. The number of halogens is 2. The molecular formula is C15H14Cl2N2. The molecule has 2 aromatic rings. The molecule has 2 nitrogen and oxygen atoms in total. The lowest BCUT2D eigenvalue weighted by Crippen LogP contribution is -2.10. The molecule has 0 fully saturated rings. The third-order valence-electron chi connectivity index (χ3n) is 2.60. The third-order valence-corrected chi connectivity index (χ3v) is 3.24. The maximum Gasteiger partial charge on any atom is 0.106 e. The highest BCUT2D eigenvalue weighted by molar-refractivity contribution is 6.34. The van der Waals surface area contributed by atoms with Crippen LogP contribution >= 0.6 is 23.2 Å². The van der Waals surface area contributed by atoms with Crippen molar-refractivity contribution in [3.8, 4) is 0 Å². The summed E-state index contributed by atoms with van der Waals surface area (Å²) in [6.07, 6.45) is 0.760. The van der Waals surface area contributed by atoms with Gasteiger partial charge in [0, 0.05) is 6.42 Å². The van der Waals surface area contributed by atoms with Gasteiger partial charge in [0.25, 0.3) is 0 Å². The predicted octanol–water partition coefficient (Wildman–Crippen LogP) is 5.55. The van der Waals surface area contributed by atoms with E-state index >= 15 is 0 Å². The van der Waals surface area contributed by atoms with Crippen molar-refractivity contribution >= 4 is 40.4 Å². The SMILES string of the molecule is CCC(=Nc1ccccc1Cl)Nc1ccccc1Cl. The molecule has 0 unspecified atom stereocenters. The smallest absolute Gasteiger partial charge is 0.106 e. The van der Waals surface area contributed by atoms with Crippen LogP contribution in [0, 0.1) is 0 Å². The van der Waals surface area contributed by atoms with Gasteiger partial charge in [-0.3, -0.25) is 0 Å². The van der Waals surface area contributed by atoms with Gasteiger partial charge >= 0.3 is 0 Å². The van der Waals surface area contributed by atoms with Gasteiger partial charge in [0.1, 0.15) is 5.84 Å². The van der Waals surface area contributed by atoms with Crippen LogP contribution in [0.1, 0.15) is 13.3 Å². The molecular weight excluding hydrogens is 279 g/mol. The molecule has 4 heteroatoms. The van der Waals surface area contributed by atoms with Crippen molar-refractivity contribution in [2.75, 3.05) is 5.32 Å². The Bertz CT molecular complexity index is 594. The highest BCUT2D eigenvalue weighted by Crippen LogP contribution is 2.25. The number of nitrogens with zero attached hydrogens (tertiary/aromatic N) is 1. The van der Waals surface area contributed by atoms with Crippen LogP contribution < -0.4 is 5.32 Å². The predicted molar refractivity (Wildman–Crippen MR) is 83.9 cm³/mol. The minimum atomic E-state index is 0.634. The summed E-state index contributed by atoms with van der Waals surface area (Å²) in [6, 6.07) is 15.1. The average molecular weight is 293 g/mol. The number of para-hydroxylation sites is 2. The van der Waals surface area contributed by atoms with Gasteiger partial charge in [0.05, 0.1) is 21.4 Å². The van der Waals surface area contributed by atoms with Crippen molar-refractivity contribution in [1.29, 1.82) is 0 Å². The number of amidine groups is 1. The summed E-state index contributed by atoms with van der Waals surface area (Å²) >= 11 is 12.2. The number of hydrogen-bond donors (Lipinski definition) is 1. The van der Waals surface area contributed by atoms with Crippen LogP contribution in [0.15, 0.2) is 53.5 Å². The maximum absolute atomic E-state index is 6.12. The molecule has 0 amide bonds. The van der Waals surface area contributed by atoms with Gasteiger partial charge in [0.2, 0.25) is 0 Å². The monoisotopic (exact) mass is 292 g/mol. The van der Waals surface area contributed by atoms with Crippen LogP contribution in [0.5, 0.6) is 0 Å². The van der Waals surface area contributed by atoms with Crippen LogP contribution in [0.25, 0.3) is 0 Å². The molecule has 0 saturated carbocycles. The average Bonchev–Trinajstić information content (AvgIpc) is 2.42. The van der Waals surface area contributed by atoms with E-state index < -0.39 is 0 Å². The molecule has 1 N–H and O–H groups in total. The van der Waals surface area contributed by atoms with Gasteiger partial charge in [-0.1, -0.05) is 54.4 Å². The Labute approximate surface area is 123 Å². The van der Waals surface area contributed by atoms with Crippen LogP contribution in [-0.4, -0.2) is 5.84 Å². The summed E-state index contributed by atoms with van der Waals surface area (Å²) in [7, 11) is 0. The van der Waals surface area contributed by atoms with E-state index in [-0.39, 0.29) is 0 Å². The molecule has 0 atom stereocenters. The lowest BCUT2D eigenvalue weighted by molar-refractivity contribution is 1.25. The first kappa shape index (κ1) is 13.9. The molecule has 0 aromatic heterocycles. The first-order valence-electron chi connectivity index (χ1n) is 6.04. The number of hydrogen-bond acceptors (Lipinski definition) is 1. The molecule has 98 valence electrons. The minimum absolute atomic E-state index is 0.634. The molecule has 0 aliphatic rings. The topological polar surface area (TPSA) is 24.4 Å². The van der Waals surface area contributed by atoms with Gasteiger partial charge in [-0.05, 0) is 24.3 Å². The van der Waals surface area contributed by atoms with Crippen molar-refractivity contribution < 1.29 is 0 Å². The first-order valence-corrected chi connectivity index (χ1v) is 6.80. The van der Waals surface area contributed by atoms with Crippen LogP contribution in [0.4, 0.5) is 11.4 Å².